The average molecular weight is 1180 g/mol. The number of rotatable bonds is 61. The fourth-order valence-electron chi connectivity index (χ4n) is 8.98. The van der Waals surface area contributed by atoms with Gasteiger partial charge in [0.1, 0.15) is 6.61 Å². The summed E-state index contributed by atoms with van der Waals surface area (Å²) in [4.78, 5) is 24.6. The quantitative estimate of drug-likeness (QED) is 0.0373. The molecule has 1 unspecified atom stereocenters. The molecule has 1 N–H and O–H groups in total. The van der Waals surface area contributed by atoms with E-state index in [0.717, 1.165) is 154 Å². The van der Waals surface area contributed by atoms with Gasteiger partial charge in [0.2, 0.25) is 0 Å². The molecule has 0 heterocycles. The Balaban J connectivity index is 3.60. The number of allylic oxidation sites excluding steroid dienone is 34. The number of hydrogen-bond donors (Lipinski definition) is 1. The monoisotopic (exact) mass is 1180 g/mol. The molecule has 0 aliphatic rings. The van der Waals surface area contributed by atoms with Crippen molar-refractivity contribution in [2.45, 2.75) is 277 Å². The lowest BCUT2D eigenvalue weighted by Gasteiger charge is -2.15. The number of unbranched alkanes of at least 4 members (excludes halogenated alkanes) is 19. The van der Waals surface area contributed by atoms with Gasteiger partial charge in [-0.05, 0) is 148 Å². The summed E-state index contributed by atoms with van der Waals surface area (Å²) in [5.41, 5.74) is 0. The Morgan fingerprint density at radius 1 is 0.267 bits per heavy atom. The van der Waals surface area contributed by atoms with Crippen LogP contribution in [0.2, 0.25) is 0 Å². The van der Waals surface area contributed by atoms with Gasteiger partial charge in [-0.15, -0.1) is 0 Å². The molecule has 0 aliphatic heterocycles. The van der Waals surface area contributed by atoms with Gasteiger partial charge in [0.15, 0.2) is 6.10 Å². The number of carbonyl (C=O) groups excluding carboxylic acids is 2. The molecule has 0 fully saturated rings. The molecule has 0 aliphatic carbocycles. The van der Waals surface area contributed by atoms with Crippen LogP contribution in [-0.4, -0.2) is 36.4 Å². The van der Waals surface area contributed by atoms with Crippen LogP contribution >= 0.6 is 0 Å². The van der Waals surface area contributed by atoms with E-state index in [1.807, 2.05) is 0 Å². The highest BCUT2D eigenvalue weighted by atomic mass is 16.6. The standard InChI is InChI=1S/C81H126O5/c1-3-5-7-9-11-13-15-17-19-21-23-25-27-29-31-33-35-36-37-38-39-40-41-42-43-44-46-47-49-51-53-55-57-59-61-63-65-67-69-71-73-75-80(83)85-78-79(77-82)86-81(84)76-74-72-70-68-66-64-62-60-58-56-54-52-50-48-45-34-32-30-28-26-24-22-20-18-16-14-12-10-8-6-4-2/h5-8,11-14,17-20,23-26,29-32,35-36,38-39,41-42,45,48,52,54,58,60,64,66,79,82H,3-4,9-10,15-16,21-22,27-28,33-34,37,40,43-44,46-47,49-51,53,55-57,59,61-63,65,67-78H2,1-2H3/b7-5-,8-6-,13-11-,14-12-,19-17-,20-18-,25-23-,26-24-,31-29-,32-30-,36-35-,39-38-,42-41-,48-45-,54-52-,60-58-,66-64-. The van der Waals surface area contributed by atoms with Crippen molar-refractivity contribution in [1.82, 2.24) is 0 Å². The Bertz CT molecular complexity index is 2020. The van der Waals surface area contributed by atoms with Crippen LogP contribution in [0.1, 0.15) is 271 Å². The summed E-state index contributed by atoms with van der Waals surface area (Å²) in [6, 6.07) is 0. The molecular weight excluding hydrogens is 1050 g/mol. The fraction of sp³-hybridized carbons (Fsp3) is 0.556. The smallest absolute Gasteiger partial charge is 0.306 e. The zero-order chi connectivity index (χ0) is 61.9. The van der Waals surface area contributed by atoms with Crippen molar-refractivity contribution < 1.29 is 24.2 Å². The van der Waals surface area contributed by atoms with E-state index < -0.39 is 6.10 Å². The van der Waals surface area contributed by atoms with E-state index in [-0.39, 0.29) is 25.2 Å². The average Bonchev–Trinajstić information content (AvgIpc) is 3.55. The third-order valence-electron chi connectivity index (χ3n) is 14.1. The molecule has 1 atom stereocenters. The maximum atomic E-state index is 12.3. The Hall–Kier alpha value is -5.52. The molecule has 5 nitrogen and oxygen atoms in total. The van der Waals surface area contributed by atoms with Crippen molar-refractivity contribution >= 4 is 11.9 Å². The summed E-state index contributed by atoms with van der Waals surface area (Å²) in [5.74, 6) is -0.638. The van der Waals surface area contributed by atoms with Gasteiger partial charge >= 0.3 is 11.9 Å². The highest BCUT2D eigenvalue weighted by Crippen LogP contribution is 2.16. The third-order valence-corrected chi connectivity index (χ3v) is 14.1. The Kier molecular flexibility index (Phi) is 69.0. The molecule has 5 heteroatoms. The summed E-state index contributed by atoms with van der Waals surface area (Å²) < 4.78 is 10.7. The normalized spacial score (nSPS) is 13.6. The highest BCUT2D eigenvalue weighted by molar-refractivity contribution is 5.70. The molecule has 0 aromatic heterocycles. The number of ether oxygens (including phenoxy) is 2. The molecular formula is C81H126O5. The number of esters is 2. The largest absolute Gasteiger partial charge is 0.462 e. The lowest BCUT2D eigenvalue weighted by molar-refractivity contribution is -0.161. The number of hydrogen-bond acceptors (Lipinski definition) is 5. The van der Waals surface area contributed by atoms with Crippen LogP contribution in [0.3, 0.4) is 0 Å². The second-order valence-corrected chi connectivity index (χ2v) is 22.1. The van der Waals surface area contributed by atoms with Gasteiger partial charge in [-0.25, -0.2) is 0 Å². The zero-order valence-corrected chi connectivity index (χ0v) is 55.0. The molecule has 0 aromatic carbocycles. The Morgan fingerprint density at radius 2 is 0.465 bits per heavy atom. The molecule has 0 aromatic rings. The van der Waals surface area contributed by atoms with Crippen LogP contribution in [0.25, 0.3) is 0 Å². The van der Waals surface area contributed by atoms with Crippen LogP contribution < -0.4 is 0 Å². The number of carbonyl (C=O) groups is 2. The molecule has 0 rings (SSSR count). The van der Waals surface area contributed by atoms with Gasteiger partial charge < -0.3 is 14.6 Å². The summed E-state index contributed by atoms with van der Waals surface area (Å²) >= 11 is 0. The SMILES string of the molecule is CC/C=C\C/C=C\C/C=C\C/C=C\C/C=C\C/C=C\C/C=C\C/C=C\C/C=C\CCCCCC(=O)OC(CO)COC(=O)CCCCCCCCCCCCCCCCCC/C=C\C/C=C\C/C=C\C/C=C\C/C=C\C/C=C\C/C=C\C/C=C\CC. The third kappa shape index (κ3) is 71.0. The van der Waals surface area contributed by atoms with Crippen LogP contribution in [0.5, 0.6) is 0 Å². The van der Waals surface area contributed by atoms with E-state index >= 15 is 0 Å². The number of aliphatic hydroxyl groups excluding tert-OH is 1. The molecule has 0 spiro atoms. The highest BCUT2D eigenvalue weighted by Gasteiger charge is 2.16. The van der Waals surface area contributed by atoms with Crippen LogP contribution in [0.4, 0.5) is 0 Å². The predicted molar refractivity (Wildman–Crippen MR) is 379 cm³/mol. The molecule has 0 saturated carbocycles. The summed E-state index contributed by atoms with van der Waals surface area (Å²) in [6.07, 6.45) is 118. The van der Waals surface area contributed by atoms with Gasteiger partial charge in [0.05, 0.1) is 6.61 Å². The molecule has 480 valence electrons. The maximum Gasteiger partial charge on any atom is 0.306 e. The van der Waals surface area contributed by atoms with Gasteiger partial charge in [0, 0.05) is 12.8 Å². The van der Waals surface area contributed by atoms with E-state index in [1.54, 1.807) is 0 Å². The van der Waals surface area contributed by atoms with E-state index in [9.17, 15) is 14.7 Å². The zero-order valence-electron chi connectivity index (χ0n) is 55.0. The Morgan fingerprint density at radius 3 is 0.709 bits per heavy atom. The molecule has 0 bridgehead atoms. The summed E-state index contributed by atoms with van der Waals surface area (Å²) in [5, 5.41) is 9.69. The Labute approximate surface area is 530 Å². The van der Waals surface area contributed by atoms with E-state index in [4.69, 9.17) is 9.47 Å². The molecule has 0 amide bonds. The topological polar surface area (TPSA) is 72.8 Å². The second kappa shape index (κ2) is 73.7. The first kappa shape index (κ1) is 80.5. The van der Waals surface area contributed by atoms with Crippen LogP contribution in [0.15, 0.2) is 207 Å². The lowest BCUT2D eigenvalue weighted by Crippen LogP contribution is -2.28. The first-order chi connectivity index (χ1) is 42.6. The summed E-state index contributed by atoms with van der Waals surface area (Å²) in [6.45, 7) is 3.88. The number of aliphatic hydroxyl groups is 1. The van der Waals surface area contributed by atoms with Crippen molar-refractivity contribution in [3.63, 3.8) is 0 Å². The minimum Gasteiger partial charge on any atom is -0.462 e. The van der Waals surface area contributed by atoms with Crippen molar-refractivity contribution in [3.05, 3.63) is 207 Å². The van der Waals surface area contributed by atoms with Crippen molar-refractivity contribution in [2.24, 2.45) is 0 Å². The van der Waals surface area contributed by atoms with Crippen molar-refractivity contribution in [2.75, 3.05) is 13.2 Å². The predicted octanol–water partition coefficient (Wildman–Crippen LogP) is 24.5. The lowest BCUT2D eigenvalue weighted by atomic mass is 10.0. The fourth-order valence-corrected chi connectivity index (χ4v) is 8.98. The van der Waals surface area contributed by atoms with Gasteiger partial charge in [-0.1, -0.05) is 317 Å². The van der Waals surface area contributed by atoms with Gasteiger partial charge in [0.25, 0.3) is 0 Å². The summed E-state index contributed by atoms with van der Waals surface area (Å²) in [7, 11) is 0. The minimum absolute atomic E-state index is 0.0911. The van der Waals surface area contributed by atoms with E-state index in [2.05, 4.69) is 220 Å². The van der Waals surface area contributed by atoms with Crippen LogP contribution in [0, 0.1) is 0 Å². The first-order valence-corrected chi connectivity index (χ1v) is 34.6. The molecule has 0 radical (unpaired) electrons. The second-order valence-electron chi connectivity index (χ2n) is 22.1. The minimum atomic E-state index is -0.806. The van der Waals surface area contributed by atoms with Crippen molar-refractivity contribution in [1.29, 1.82) is 0 Å². The van der Waals surface area contributed by atoms with E-state index in [1.165, 1.54) is 89.9 Å². The van der Waals surface area contributed by atoms with Gasteiger partial charge in [-0.2, -0.15) is 0 Å². The maximum absolute atomic E-state index is 12.3. The molecule has 0 saturated heterocycles. The van der Waals surface area contributed by atoms with E-state index in [0.29, 0.717) is 12.8 Å². The molecule has 86 heavy (non-hydrogen) atoms. The van der Waals surface area contributed by atoms with Gasteiger partial charge in [-0.3, -0.25) is 9.59 Å². The first-order valence-electron chi connectivity index (χ1n) is 34.6. The van der Waals surface area contributed by atoms with Crippen LogP contribution in [-0.2, 0) is 19.1 Å². The van der Waals surface area contributed by atoms with Crippen molar-refractivity contribution in [3.8, 4) is 0 Å².